The van der Waals surface area contributed by atoms with Crippen molar-refractivity contribution < 1.29 is 4.74 Å². The summed E-state index contributed by atoms with van der Waals surface area (Å²) < 4.78 is 5.58. The van der Waals surface area contributed by atoms with Gasteiger partial charge in [-0.05, 0) is 59.5 Å². The molecule has 0 aliphatic rings. The van der Waals surface area contributed by atoms with Crippen LogP contribution in [0.2, 0.25) is 0 Å². The molecule has 0 spiro atoms. The molecule has 0 fully saturated rings. The van der Waals surface area contributed by atoms with Gasteiger partial charge in [0.2, 0.25) is 0 Å². The number of ether oxygens (including phenoxy) is 1. The molecule has 0 aliphatic carbocycles. The van der Waals surface area contributed by atoms with Crippen LogP contribution >= 0.6 is 0 Å². The third kappa shape index (κ3) is 14.5. The molecule has 0 atom stereocenters. The van der Waals surface area contributed by atoms with Crippen molar-refractivity contribution in [2.24, 2.45) is 10.9 Å². The van der Waals surface area contributed by atoms with Gasteiger partial charge in [-0.1, -0.05) is 13.8 Å². The highest BCUT2D eigenvalue weighted by Crippen LogP contribution is 1.97. The highest BCUT2D eigenvalue weighted by molar-refractivity contribution is 5.79. The minimum absolute atomic E-state index is 0.604. The van der Waals surface area contributed by atoms with Crippen LogP contribution in [0.5, 0.6) is 0 Å². The normalized spacial score (nSPS) is 12.5. The van der Waals surface area contributed by atoms with Crippen molar-refractivity contribution in [2.75, 3.05) is 46.4 Å². The van der Waals surface area contributed by atoms with Gasteiger partial charge in [0.1, 0.15) is 0 Å². The zero-order valence-corrected chi connectivity index (χ0v) is 16.3. The van der Waals surface area contributed by atoms with Crippen molar-refractivity contribution in [1.29, 1.82) is 0 Å². The molecule has 0 aromatic rings. The van der Waals surface area contributed by atoms with E-state index in [1.165, 1.54) is 12.8 Å². The summed E-state index contributed by atoms with van der Waals surface area (Å²) in [6.07, 6.45) is 3.35. The van der Waals surface area contributed by atoms with Gasteiger partial charge in [-0.25, -0.2) is 0 Å². The van der Waals surface area contributed by atoms with Gasteiger partial charge < -0.3 is 20.3 Å². The van der Waals surface area contributed by atoms with Crippen LogP contribution in [0.3, 0.4) is 0 Å². The van der Waals surface area contributed by atoms with Crippen molar-refractivity contribution in [2.45, 2.75) is 59.9 Å². The topological polar surface area (TPSA) is 48.9 Å². The van der Waals surface area contributed by atoms with Crippen molar-refractivity contribution in [3.8, 4) is 0 Å². The second kappa shape index (κ2) is 14.8. The van der Waals surface area contributed by atoms with Crippen molar-refractivity contribution in [3.05, 3.63) is 0 Å². The summed E-state index contributed by atoms with van der Waals surface area (Å²) in [6, 6.07) is 0.625. The molecule has 0 heterocycles. The second-order valence-electron chi connectivity index (χ2n) is 6.79. The number of guanidine groups is 1. The lowest BCUT2D eigenvalue weighted by Crippen LogP contribution is -2.38. The molecular weight excluding hydrogens is 288 g/mol. The Balaban J connectivity index is 3.77. The molecule has 2 N–H and O–H groups in total. The lowest BCUT2D eigenvalue weighted by Gasteiger charge is -2.20. The first-order chi connectivity index (χ1) is 11.0. The van der Waals surface area contributed by atoms with Gasteiger partial charge in [0, 0.05) is 38.9 Å². The number of nitrogens with zero attached hydrogens (tertiary/aromatic N) is 2. The fraction of sp³-hybridized carbons (Fsp3) is 0.944. The molecule has 5 nitrogen and oxygen atoms in total. The number of hydrogen-bond donors (Lipinski definition) is 2. The standard InChI is InChI=1S/C18H40N4O/c1-7-19-18(21-12-10-14-23-15-16(2)3)20-11-8-9-13-22(6)17(4)5/h16-17H,7-15H2,1-6H3,(H2,19,20,21). The average molecular weight is 329 g/mol. The molecule has 0 rings (SSSR count). The molecule has 23 heavy (non-hydrogen) atoms. The van der Waals surface area contributed by atoms with Gasteiger partial charge in [-0.3, -0.25) is 4.99 Å². The van der Waals surface area contributed by atoms with E-state index in [0.29, 0.717) is 12.0 Å². The first-order valence-corrected chi connectivity index (χ1v) is 9.27. The summed E-state index contributed by atoms with van der Waals surface area (Å²) in [4.78, 5) is 6.98. The second-order valence-corrected chi connectivity index (χ2v) is 6.79. The Hall–Kier alpha value is -0.810. The molecule has 138 valence electrons. The lowest BCUT2D eigenvalue weighted by molar-refractivity contribution is 0.109. The predicted molar refractivity (Wildman–Crippen MR) is 101 cm³/mol. The maximum atomic E-state index is 5.58. The van der Waals surface area contributed by atoms with E-state index < -0.39 is 0 Å². The van der Waals surface area contributed by atoms with Crippen molar-refractivity contribution in [3.63, 3.8) is 0 Å². The number of unbranched alkanes of at least 4 members (excludes halogenated alkanes) is 1. The Morgan fingerprint density at radius 3 is 2.43 bits per heavy atom. The summed E-state index contributed by atoms with van der Waals surface area (Å²) >= 11 is 0. The average Bonchev–Trinajstić information content (AvgIpc) is 2.49. The molecule has 0 unspecified atom stereocenters. The van der Waals surface area contributed by atoms with E-state index in [1.54, 1.807) is 0 Å². The number of nitrogens with one attached hydrogen (secondary N) is 2. The van der Waals surface area contributed by atoms with Gasteiger partial charge in [0.05, 0.1) is 0 Å². The Morgan fingerprint density at radius 2 is 1.83 bits per heavy atom. The number of rotatable bonds is 13. The SMILES string of the molecule is CCNC(=NCCCOCC(C)C)NCCCCN(C)C(C)C. The van der Waals surface area contributed by atoms with Crippen molar-refractivity contribution >= 4 is 5.96 Å². The van der Waals surface area contributed by atoms with Gasteiger partial charge in [0.25, 0.3) is 0 Å². The Labute approximate surface area is 144 Å². The maximum Gasteiger partial charge on any atom is 0.191 e. The maximum absolute atomic E-state index is 5.58. The zero-order valence-electron chi connectivity index (χ0n) is 16.3. The van der Waals surface area contributed by atoms with Gasteiger partial charge >= 0.3 is 0 Å². The fourth-order valence-corrected chi connectivity index (χ4v) is 1.97. The summed E-state index contributed by atoms with van der Waals surface area (Å²) in [5.41, 5.74) is 0. The van der Waals surface area contributed by atoms with E-state index in [-0.39, 0.29) is 0 Å². The quantitative estimate of drug-likeness (QED) is 0.310. The first kappa shape index (κ1) is 22.2. The van der Waals surface area contributed by atoms with Crippen LogP contribution in [-0.4, -0.2) is 63.3 Å². The molecule has 0 saturated carbocycles. The van der Waals surface area contributed by atoms with Crippen LogP contribution in [0.4, 0.5) is 0 Å². The third-order valence-corrected chi connectivity index (χ3v) is 3.62. The molecule has 0 aliphatic heterocycles. The van der Waals surface area contributed by atoms with E-state index in [4.69, 9.17) is 4.74 Å². The highest BCUT2D eigenvalue weighted by atomic mass is 16.5. The van der Waals surface area contributed by atoms with Crippen LogP contribution in [0.15, 0.2) is 4.99 Å². The third-order valence-electron chi connectivity index (χ3n) is 3.62. The summed E-state index contributed by atoms with van der Waals surface area (Å²) in [5, 5.41) is 6.71. The minimum Gasteiger partial charge on any atom is -0.381 e. The molecule has 0 amide bonds. The van der Waals surface area contributed by atoms with Crippen LogP contribution in [-0.2, 0) is 4.74 Å². The smallest absolute Gasteiger partial charge is 0.191 e. The van der Waals surface area contributed by atoms with E-state index in [1.807, 2.05) is 0 Å². The van der Waals surface area contributed by atoms with Gasteiger partial charge in [-0.15, -0.1) is 0 Å². The van der Waals surface area contributed by atoms with Crippen molar-refractivity contribution in [1.82, 2.24) is 15.5 Å². The number of hydrogen-bond acceptors (Lipinski definition) is 3. The van der Waals surface area contributed by atoms with Crippen LogP contribution < -0.4 is 10.6 Å². The lowest BCUT2D eigenvalue weighted by atomic mass is 10.2. The Bertz CT molecular complexity index is 293. The summed E-state index contributed by atoms with van der Waals surface area (Å²) in [5.74, 6) is 1.53. The molecule has 0 radical (unpaired) electrons. The van der Waals surface area contributed by atoms with Gasteiger partial charge in [-0.2, -0.15) is 0 Å². The predicted octanol–water partition coefficient (Wildman–Crippen LogP) is 2.72. The molecule has 0 saturated heterocycles. The molecule has 0 aromatic carbocycles. The summed E-state index contributed by atoms with van der Waals surface area (Å²) in [7, 11) is 2.19. The molecule has 0 bridgehead atoms. The highest BCUT2D eigenvalue weighted by Gasteiger charge is 2.02. The Kier molecular flexibility index (Phi) is 14.2. The molecule has 5 heteroatoms. The number of aliphatic imine (C=N–C) groups is 1. The zero-order chi connectivity index (χ0) is 17.5. The summed E-state index contributed by atoms with van der Waals surface area (Å²) in [6.45, 7) is 16.4. The van der Waals surface area contributed by atoms with Gasteiger partial charge in [0.15, 0.2) is 5.96 Å². The van der Waals surface area contributed by atoms with Crippen LogP contribution in [0.25, 0.3) is 0 Å². The minimum atomic E-state index is 0.604. The molecular formula is C18H40N4O. The monoisotopic (exact) mass is 328 g/mol. The van der Waals surface area contributed by atoms with E-state index >= 15 is 0 Å². The largest absolute Gasteiger partial charge is 0.381 e. The Morgan fingerprint density at radius 1 is 1.09 bits per heavy atom. The van der Waals surface area contributed by atoms with E-state index in [2.05, 4.69) is 62.2 Å². The van der Waals surface area contributed by atoms with Crippen LogP contribution in [0.1, 0.15) is 53.9 Å². The van der Waals surface area contributed by atoms with Crippen LogP contribution in [0, 0.1) is 5.92 Å². The first-order valence-electron chi connectivity index (χ1n) is 9.27. The molecule has 0 aromatic heterocycles. The van der Waals surface area contributed by atoms with E-state index in [9.17, 15) is 0 Å². The fourth-order valence-electron chi connectivity index (χ4n) is 1.97. The van der Waals surface area contributed by atoms with E-state index in [0.717, 1.165) is 51.8 Å².